The Kier molecular flexibility index (Phi) is 4.20. The van der Waals surface area contributed by atoms with E-state index in [0.29, 0.717) is 12.2 Å². The molecule has 102 valence electrons. The second-order valence-electron chi connectivity index (χ2n) is 4.02. The van der Waals surface area contributed by atoms with Gasteiger partial charge in [0.05, 0.1) is 4.90 Å². The molecule has 0 spiro atoms. The number of hydrogen-bond donors (Lipinski definition) is 3. The molecule has 0 aliphatic rings. The zero-order valence-electron chi connectivity index (χ0n) is 10.4. The zero-order valence-corrected chi connectivity index (χ0v) is 12.0. The third kappa shape index (κ3) is 3.32. The Bertz CT molecular complexity index is 648. The van der Waals surface area contributed by atoms with Gasteiger partial charge >= 0.3 is 0 Å². The first-order valence-corrected chi connectivity index (χ1v) is 7.98. The molecule has 0 bridgehead atoms. The van der Waals surface area contributed by atoms with Gasteiger partial charge in [-0.1, -0.05) is 0 Å². The van der Waals surface area contributed by atoms with E-state index in [1.54, 1.807) is 12.1 Å². The molecule has 1 heterocycles. The number of rotatable bonds is 5. The van der Waals surface area contributed by atoms with E-state index in [4.69, 9.17) is 5.84 Å². The summed E-state index contributed by atoms with van der Waals surface area (Å²) in [6, 6.07) is 8.23. The molecule has 0 aliphatic carbocycles. The van der Waals surface area contributed by atoms with Gasteiger partial charge < -0.3 is 5.43 Å². The van der Waals surface area contributed by atoms with Crippen LogP contribution in [-0.2, 0) is 16.6 Å². The maximum atomic E-state index is 12.1. The first-order chi connectivity index (χ1) is 9.03. The highest BCUT2D eigenvalue weighted by Gasteiger charge is 2.14. The molecule has 0 amide bonds. The van der Waals surface area contributed by atoms with Crippen LogP contribution < -0.4 is 16.0 Å². The van der Waals surface area contributed by atoms with Gasteiger partial charge in [0.25, 0.3) is 0 Å². The quantitative estimate of drug-likeness (QED) is 0.580. The zero-order chi connectivity index (χ0) is 13.9. The minimum absolute atomic E-state index is 0.223. The predicted octanol–water partition coefficient (Wildman–Crippen LogP) is 1.82. The van der Waals surface area contributed by atoms with Gasteiger partial charge in [0.15, 0.2) is 0 Å². The highest BCUT2D eigenvalue weighted by Crippen LogP contribution is 2.17. The van der Waals surface area contributed by atoms with Crippen molar-refractivity contribution in [3.8, 4) is 0 Å². The summed E-state index contributed by atoms with van der Waals surface area (Å²) in [4.78, 5) is 1.24. The summed E-state index contributed by atoms with van der Waals surface area (Å²) >= 11 is 1.54. The van der Waals surface area contributed by atoms with Crippen LogP contribution >= 0.6 is 11.3 Å². The normalized spacial score (nSPS) is 11.5. The highest BCUT2D eigenvalue weighted by atomic mass is 32.2. The van der Waals surface area contributed by atoms with Crippen molar-refractivity contribution in [2.24, 2.45) is 5.84 Å². The third-order valence-corrected chi connectivity index (χ3v) is 5.16. The third-order valence-electron chi connectivity index (χ3n) is 2.72. The Labute approximate surface area is 116 Å². The lowest BCUT2D eigenvalue weighted by Crippen LogP contribution is -2.23. The molecular weight excluding hydrogens is 282 g/mol. The van der Waals surface area contributed by atoms with Gasteiger partial charge in [-0.05, 0) is 48.2 Å². The van der Waals surface area contributed by atoms with Crippen LogP contribution in [-0.4, -0.2) is 8.42 Å². The Morgan fingerprint density at radius 3 is 2.42 bits per heavy atom. The number of hydrogen-bond acceptors (Lipinski definition) is 5. The van der Waals surface area contributed by atoms with Crippen molar-refractivity contribution in [2.45, 2.75) is 18.4 Å². The van der Waals surface area contributed by atoms with Crippen LogP contribution in [0.1, 0.15) is 10.4 Å². The molecule has 5 nitrogen and oxygen atoms in total. The molecular formula is C12H15N3O2S2. The lowest BCUT2D eigenvalue weighted by Gasteiger charge is -2.07. The second kappa shape index (κ2) is 5.70. The van der Waals surface area contributed by atoms with E-state index < -0.39 is 10.0 Å². The van der Waals surface area contributed by atoms with Crippen molar-refractivity contribution in [3.05, 3.63) is 46.2 Å². The maximum Gasteiger partial charge on any atom is 0.240 e. The van der Waals surface area contributed by atoms with E-state index in [1.165, 1.54) is 23.5 Å². The number of nitrogen functional groups attached to an aromatic ring is 1. The topological polar surface area (TPSA) is 84.2 Å². The van der Waals surface area contributed by atoms with Crippen LogP contribution in [0.3, 0.4) is 0 Å². The number of aryl methyl sites for hydroxylation is 1. The molecule has 0 radical (unpaired) electrons. The van der Waals surface area contributed by atoms with Gasteiger partial charge in [0.2, 0.25) is 10.0 Å². The summed E-state index contributed by atoms with van der Waals surface area (Å²) in [6.07, 6.45) is 0. The van der Waals surface area contributed by atoms with E-state index in [-0.39, 0.29) is 4.90 Å². The SMILES string of the molecule is Cc1ccsc1CNS(=O)(=O)c1ccc(NN)cc1. The number of nitrogens with one attached hydrogen (secondary N) is 2. The van der Waals surface area contributed by atoms with Crippen molar-refractivity contribution in [1.82, 2.24) is 4.72 Å². The Morgan fingerprint density at radius 1 is 1.21 bits per heavy atom. The Balaban J connectivity index is 2.11. The van der Waals surface area contributed by atoms with E-state index in [1.807, 2.05) is 18.4 Å². The van der Waals surface area contributed by atoms with E-state index in [9.17, 15) is 8.42 Å². The minimum atomic E-state index is -3.49. The number of hydrazine groups is 1. The van der Waals surface area contributed by atoms with E-state index >= 15 is 0 Å². The van der Waals surface area contributed by atoms with Gasteiger partial charge in [-0.15, -0.1) is 11.3 Å². The van der Waals surface area contributed by atoms with E-state index in [2.05, 4.69) is 10.1 Å². The van der Waals surface area contributed by atoms with Gasteiger partial charge in [-0.3, -0.25) is 5.84 Å². The van der Waals surface area contributed by atoms with E-state index in [0.717, 1.165) is 10.4 Å². The van der Waals surface area contributed by atoms with Crippen LogP contribution in [0.5, 0.6) is 0 Å². The van der Waals surface area contributed by atoms with Crippen LogP contribution in [0.15, 0.2) is 40.6 Å². The molecule has 1 aromatic carbocycles. The average Bonchev–Trinajstić information content (AvgIpc) is 2.82. The van der Waals surface area contributed by atoms with Crippen molar-refractivity contribution >= 4 is 27.0 Å². The predicted molar refractivity (Wildman–Crippen MR) is 77.3 cm³/mol. The Morgan fingerprint density at radius 2 is 1.89 bits per heavy atom. The number of thiophene rings is 1. The molecule has 1 aromatic heterocycles. The van der Waals surface area contributed by atoms with Crippen molar-refractivity contribution in [3.63, 3.8) is 0 Å². The molecule has 7 heteroatoms. The summed E-state index contributed by atoms with van der Waals surface area (Å²) in [5.41, 5.74) is 4.21. The standard InChI is InChI=1S/C12H15N3O2S2/c1-9-6-7-18-12(9)8-14-19(16,17)11-4-2-10(15-13)3-5-11/h2-7,14-15H,8,13H2,1H3. The van der Waals surface area contributed by atoms with Crippen molar-refractivity contribution in [1.29, 1.82) is 0 Å². The molecule has 2 rings (SSSR count). The lowest BCUT2D eigenvalue weighted by atomic mass is 10.3. The summed E-state index contributed by atoms with van der Waals surface area (Å²) in [5, 5.41) is 1.95. The number of benzene rings is 1. The van der Waals surface area contributed by atoms with Crippen LogP contribution in [0.25, 0.3) is 0 Å². The molecule has 0 fully saturated rings. The van der Waals surface area contributed by atoms with Crippen LogP contribution in [0, 0.1) is 6.92 Å². The molecule has 2 aromatic rings. The summed E-state index contributed by atoms with van der Waals surface area (Å²) < 4.78 is 26.7. The first-order valence-electron chi connectivity index (χ1n) is 5.62. The van der Waals surface area contributed by atoms with Crippen molar-refractivity contribution in [2.75, 3.05) is 5.43 Å². The summed E-state index contributed by atoms with van der Waals surface area (Å²) in [6.45, 7) is 2.27. The molecule has 0 saturated heterocycles. The number of anilines is 1. The van der Waals surface area contributed by atoms with Gasteiger partial charge in [0, 0.05) is 17.1 Å². The van der Waals surface area contributed by atoms with Gasteiger partial charge in [0.1, 0.15) is 0 Å². The molecule has 0 saturated carbocycles. The van der Waals surface area contributed by atoms with Gasteiger partial charge in [-0.25, -0.2) is 13.1 Å². The first kappa shape index (κ1) is 14.0. The lowest BCUT2D eigenvalue weighted by molar-refractivity contribution is 0.582. The van der Waals surface area contributed by atoms with Crippen LogP contribution in [0.2, 0.25) is 0 Å². The maximum absolute atomic E-state index is 12.1. The molecule has 0 atom stereocenters. The Hall–Kier alpha value is -1.41. The number of nitrogens with two attached hydrogens (primary N) is 1. The molecule has 4 N–H and O–H groups in total. The van der Waals surface area contributed by atoms with Crippen molar-refractivity contribution < 1.29 is 8.42 Å². The molecule has 0 aliphatic heterocycles. The van der Waals surface area contributed by atoms with Crippen LogP contribution in [0.4, 0.5) is 5.69 Å². The fraction of sp³-hybridized carbons (Fsp3) is 0.167. The molecule has 0 unspecified atom stereocenters. The minimum Gasteiger partial charge on any atom is -0.324 e. The fourth-order valence-corrected chi connectivity index (χ4v) is 3.49. The second-order valence-corrected chi connectivity index (χ2v) is 6.79. The monoisotopic (exact) mass is 297 g/mol. The average molecular weight is 297 g/mol. The highest BCUT2D eigenvalue weighted by molar-refractivity contribution is 7.89. The smallest absolute Gasteiger partial charge is 0.240 e. The fourth-order valence-electron chi connectivity index (χ4n) is 1.56. The summed E-state index contributed by atoms with van der Waals surface area (Å²) in [5.74, 6) is 5.23. The summed E-state index contributed by atoms with van der Waals surface area (Å²) in [7, 11) is -3.49. The molecule has 19 heavy (non-hydrogen) atoms. The largest absolute Gasteiger partial charge is 0.324 e. The number of sulfonamides is 1. The van der Waals surface area contributed by atoms with Gasteiger partial charge in [-0.2, -0.15) is 0 Å².